The van der Waals surface area contributed by atoms with Crippen LogP contribution >= 0.6 is 0 Å². The van der Waals surface area contributed by atoms with E-state index in [1.165, 1.54) is 24.9 Å². The summed E-state index contributed by atoms with van der Waals surface area (Å²) in [5.41, 5.74) is 5.30. The number of hydrogen-bond donors (Lipinski definition) is 2. The number of amides is 1. The summed E-state index contributed by atoms with van der Waals surface area (Å²) < 4.78 is 0. The molecular formula is C22H29N3O. The zero-order valence-electron chi connectivity index (χ0n) is 16.0. The van der Waals surface area contributed by atoms with Gasteiger partial charge in [-0.3, -0.25) is 4.79 Å². The normalized spacial score (nSPS) is 15.4. The zero-order chi connectivity index (χ0) is 18.5. The number of aryl methyl sites for hydroxylation is 2. The molecule has 1 heterocycles. The number of anilines is 3. The highest BCUT2D eigenvalue weighted by atomic mass is 16.2. The molecule has 4 heteroatoms. The summed E-state index contributed by atoms with van der Waals surface area (Å²) in [5, 5.41) is 6.35. The van der Waals surface area contributed by atoms with E-state index in [1.807, 2.05) is 39.0 Å². The van der Waals surface area contributed by atoms with E-state index >= 15 is 0 Å². The average Bonchev–Trinajstić information content (AvgIpc) is 2.66. The molecule has 2 aromatic rings. The lowest BCUT2D eigenvalue weighted by Gasteiger charge is -2.29. The Labute approximate surface area is 156 Å². The molecule has 3 rings (SSSR count). The second kappa shape index (κ2) is 8.26. The number of hydrogen-bond acceptors (Lipinski definition) is 3. The van der Waals surface area contributed by atoms with E-state index < -0.39 is 0 Å². The van der Waals surface area contributed by atoms with Gasteiger partial charge >= 0.3 is 0 Å². The monoisotopic (exact) mass is 351 g/mol. The summed E-state index contributed by atoms with van der Waals surface area (Å²) in [6.07, 6.45) is 3.88. The van der Waals surface area contributed by atoms with Crippen molar-refractivity contribution in [2.45, 2.75) is 46.1 Å². The Hall–Kier alpha value is -2.49. The maximum absolute atomic E-state index is 12.6. The fourth-order valence-corrected chi connectivity index (χ4v) is 3.48. The molecule has 1 atom stereocenters. The molecule has 0 saturated carbocycles. The summed E-state index contributed by atoms with van der Waals surface area (Å²) in [5.74, 6) is -0.0255. The quantitative estimate of drug-likeness (QED) is 0.818. The molecule has 1 aliphatic rings. The standard InChI is InChI=1S/C22H29N3O/c1-16-8-7-9-17(2)21(16)24-22(26)18(3)23-19-10-12-20(13-11-19)25-14-5-4-6-15-25/h7-13,18,23H,4-6,14-15H2,1-3H3,(H,24,26). The Morgan fingerprint density at radius 2 is 1.58 bits per heavy atom. The van der Waals surface area contributed by atoms with E-state index in [0.29, 0.717) is 0 Å². The third-order valence-electron chi connectivity index (χ3n) is 5.09. The number of para-hydroxylation sites is 1. The van der Waals surface area contributed by atoms with Crippen LogP contribution in [0.1, 0.15) is 37.3 Å². The van der Waals surface area contributed by atoms with Crippen molar-refractivity contribution in [3.05, 3.63) is 53.6 Å². The van der Waals surface area contributed by atoms with Crippen LogP contribution in [0.5, 0.6) is 0 Å². The lowest BCUT2D eigenvalue weighted by molar-refractivity contribution is -0.116. The van der Waals surface area contributed by atoms with Gasteiger partial charge in [0.2, 0.25) is 5.91 Å². The van der Waals surface area contributed by atoms with Gasteiger partial charge in [0.1, 0.15) is 6.04 Å². The Balaban J connectivity index is 1.60. The number of nitrogens with zero attached hydrogens (tertiary/aromatic N) is 1. The van der Waals surface area contributed by atoms with Crippen molar-refractivity contribution >= 4 is 23.0 Å². The van der Waals surface area contributed by atoms with Gasteiger partial charge in [0.25, 0.3) is 0 Å². The molecular weight excluding hydrogens is 322 g/mol. The van der Waals surface area contributed by atoms with Gasteiger partial charge in [-0.25, -0.2) is 0 Å². The fourth-order valence-electron chi connectivity index (χ4n) is 3.48. The number of nitrogens with one attached hydrogen (secondary N) is 2. The lowest BCUT2D eigenvalue weighted by atomic mass is 10.1. The van der Waals surface area contributed by atoms with Gasteiger partial charge in [-0.15, -0.1) is 0 Å². The van der Waals surface area contributed by atoms with Gasteiger partial charge in [-0.2, -0.15) is 0 Å². The Morgan fingerprint density at radius 1 is 0.962 bits per heavy atom. The highest BCUT2D eigenvalue weighted by molar-refractivity contribution is 5.97. The van der Waals surface area contributed by atoms with E-state index in [9.17, 15) is 4.79 Å². The van der Waals surface area contributed by atoms with Crippen LogP contribution in [0.4, 0.5) is 17.1 Å². The molecule has 1 amide bonds. The predicted molar refractivity (Wildman–Crippen MR) is 110 cm³/mol. The smallest absolute Gasteiger partial charge is 0.246 e. The van der Waals surface area contributed by atoms with Gasteiger partial charge in [0, 0.05) is 30.2 Å². The first kappa shape index (κ1) is 18.3. The third kappa shape index (κ3) is 4.37. The Kier molecular flexibility index (Phi) is 5.82. The third-order valence-corrected chi connectivity index (χ3v) is 5.09. The van der Waals surface area contributed by atoms with Gasteiger partial charge < -0.3 is 15.5 Å². The molecule has 138 valence electrons. The van der Waals surface area contributed by atoms with E-state index in [4.69, 9.17) is 0 Å². The molecule has 1 unspecified atom stereocenters. The number of carbonyl (C=O) groups is 1. The fraction of sp³-hybridized carbons (Fsp3) is 0.409. The number of rotatable bonds is 5. The number of benzene rings is 2. The van der Waals surface area contributed by atoms with Crippen molar-refractivity contribution in [2.24, 2.45) is 0 Å². The average molecular weight is 351 g/mol. The van der Waals surface area contributed by atoms with Gasteiger partial charge in [-0.1, -0.05) is 18.2 Å². The van der Waals surface area contributed by atoms with Crippen LogP contribution in [-0.4, -0.2) is 25.0 Å². The topological polar surface area (TPSA) is 44.4 Å². The van der Waals surface area contributed by atoms with E-state index in [2.05, 4.69) is 39.8 Å². The highest BCUT2D eigenvalue weighted by Crippen LogP contribution is 2.23. The predicted octanol–water partition coefficient (Wildman–Crippen LogP) is 4.73. The molecule has 1 fully saturated rings. The molecule has 26 heavy (non-hydrogen) atoms. The zero-order valence-corrected chi connectivity index (χ0v) is 16.0. The summed E-state index contributed by atoms with van der Waals surface area (Å²) >= 11 is 0. The Morgan fingerprint density at radius 3 is 2.19 bits per heavy atom. The largest absolute Gasteiger partial charge is 0.374 e. The van der Waals surface area contributed by atoms with Crippen molar-refractivity contribution in [1.82, 2.24) is 0 Å². The molecule has 4 nitrogen and oxygen atoms in total. The number of carbonyl (C=O) groups excluding carboxylic acids is 1. The van der Waals surface area contributed by atoms with E-state index in [1.54, 1.807) is 0 Å². The first-order valence-corrected chi connectivity index (χ1v) is 9.53. The minimum absolute atomic E-state index is 0.0255. The minimum atomic E-state index is -0.310. The molecule has 0 bridgehead atoms. The van der Waals surface area contributed by atoms with Crippen LogP contribution in [0, 0.1) is 13.8 Å². The van der Waals surface area contributed by atoms with Gasteiger partial charge in [0.15, 0.2) is 0 Å². The summed E-state index contributed by atoms with van der Waals surface area (Å²) in [6, 6.07) is 14.1. The SMILES string of the molecule is Cc1cccc(C)c1NC(=O)C(C)Nc1ccc(N2CCCCC2)cc1. The molecule has 0 radical (unpaired) electrons. The maximum atomic E-state index is 12.6. The van der Waals surface area contributed by atoms with E-state index in [-0.39, 0.29) is 11.9 Å². The molecule has 0 aliphatic carbocycles. The molecule has 2 aromatic carbocycles. The second-order valence-electron chi connectivity index (χ2n) is 7.22. The second-order valence-corrected chi connectivity index (χ2v) is 7.22. The Bertz CT molecular complexity index is 728. The van der Waals surface area contributed by atoms with Crippen molar-refractivity contribution in [1.29, 1.82) is 0 Å². The van der Waals surface area contributed by atoms with Crippen molar-refractivity contribution in [2.75, 3.05) is 28.6 Å². The van der Waals surface area contributed by atoms with Crippen LogP contribution in [0.3, 0.4) is 0 Å². The van der Waals surface area contributed by atoms with E-state index in [0.717, 1.165) is 35.6 Å². The maximum Gasteiger partial charge on any atom is 0.246 e. The molecule has 0 aromatic heterocycles. The van der Waals surface area contributed by atoms with Gasteiger partial charge in [0.05, 0.1) is 0 Å². The van der Waals surface area contributed by atoms with Crippen molar-refractivity contribution in [3.8, 4) is 0 Å². The summed E-state index contributed by atoms with van der Waals surface area (Å²) in [6.45, 7) is 8.20. The van der Waals surface area contributed by atoms with Crippen LogP contribution in [0.25, 0.3) is 0 Å². The summed E-state index contributed by atoms with van der Waals surface area (Å²) in [4.78, 5) is 15.0. The molecule has 0 spiro atoms. The van der Waals surface area contributed by atoms with Crippen LogP contribution in [-0.2, 0) is 4.79 Å². The molecule has 2 N–H and O–H groups in total. The lowest BCUT2D eigenvalue weighted by Crippen LogP contribution is -2.32. The van der Waals surface area contributed by atoms with Crippen molar-refractivity contribution < 1.29 is 4.79 Å². The van der Waals surface area contributed by atoms with Crippen molar-refractivity contribution in [3.63, 3.8) is 0 Å². The van der Waals surface area contributed by atoms with Crippen LogP contribution in [0.2, 0.25) is 0 Å². The van der Waals surface area contributed by atoms with Crippen LogP contribution < -0.4 is 15.5 Å². The van der Waals surface area contributed by atoms with Gasteiger partial charge in [-0.05, 0) is 75.4 Å². The van der Waals surface area contributed by atoms with Crippen LogP contribution in [0.15, 0.2) is 42.5 Å². The first-order valence-electron chi connectivity index (χ1n) is 9.53. The first-order chi connectivity index (χ1) is 12.5. The minimum Gasteiger partial charge on any atom is -0.374 e. The highest BCUT2D eigenvalue weighted by Gasteiger charge is 2.15. The summed E-state index contributed by atoms with van der Waals surface area (Å²) in [7, 11) is 0. The number of piperidine rings is 1. The molecule has 1 aliphatic heterocycles. The molecule has 1 saturated heterocycles.